The number of halogens is 2. The van der Waals surface area contributed by atoms with Crippen LogP contribution in [0.5, 0.6) is 0 Å². The molecule has 2 aromatic heterocycles. The summed E-state index contributed by atoms with van der Waals surface area (Å²) in [7, 11) is 0. The first-order chi connectivity index (χ1) is 13.9. The third kappa shape index (κ3) is 4.00. The van der Waals surface area contributed by atoms with Crippen molar-refractivity contribution in [3.63, 3.8) is 0 Å². The molecule has 0 aliphatic carbocycles. The summed E-state index contributed by atoms with van der Waals surface area (Å²) in [6.07, 6.45) is 0.792. The third-order valence-electron chi connectivity index (χ3n) is 5.07. The van der Waals surface area contributed by atoms with E-state index < -0.39 is 0 Å². The Bertz CT molecular complexity index is 1180. The van der Waals surface area contributed by atoms with Crippen molar-refractivity contribution >= 4 is 29.1 Å². The molecular weight excluding hydrogens is 407 g/mol. The molecule has 0 bridgehead atoms. The average Bonchev–Trinajstić information content (AvgIpc) is 3.09. The average molecular weight is 427 g/mol. The summed E-state index contributed by atoms with van der Waals surface area (Å²) >= 11 is 7.47. The van der Waals surface area contributed by atoms with Crippen LogP contribution < -0.4 is 0 Å². The summed E-state index contributed by atoms with van der Waals surface area (Å²) < 4.78 is 15.8. The maximum Gasteiger partial charge on any atom is 0.253 e. The van der Waals surface area contributed by atoms with Gasteiger partial charge in [0.2, 0.25) is 5.16 Å². The van der Waals surface area contributed by atoms with Crippen LogP contribution in [0.4, 0.5) is 4.39 Å². The maximum atomic E-state index is 14.0. The lowest BCUT2D eigenvalue weighted by molar-refractivity contribution is 0.617. The monoisotopic (exact) mass is 426 g/mol. The summed E-state index contributed by atoms with van der Waals surface area (Å²) in [5.41, 5.74) is 6.08. The van der Waals surface area contributed by atoms with E-state index in [9.17, 15) is 4.39 Å². The van der Waals surface area contributed by atoms with Crippen molar-refractivity contribution in [3.8, 4) is 0 Å². The summed E-state index contributed by atoms with van der Waals surface area (Å²) in [6.45, 7) is 6.15. The molecule has 0 atom stereocenters. The molecule has 0 N–H and O–H groups in total. The summed E-state index contributed by atoms with van der Waals surface area (Å²) in [5.74, 6) is 0.589. The van der Waals surface area contributed by atoms with Gasteiger partial charge in [0.25, 0.3) is 5.78 Å². The molecule has 0 saturated carbocycles. The number of thioether (sulfide) groups is 1. The van der Waals surface area contributed by atoms with Crippen LogP contribution in [0.15, 0.2) is 47.6 Å². The molecular formula is C22H20ClFN4S. The van der Waals surface area contributed by atoms with E-state index in [0.717, 1.165) is 23.4 Å². The van der Waals surface area contributed by atoms with Gasteiger partial charge in [-0.1, -0.05) is 53.7 Å². The minimum atomic E-state index is -0.320. The van der Waals surface area contributed by atoms with Gasteiger partial charge in [0.05, 0.1) is 0 Å². The largest absolute Gasteiger partial charge is 0.253 e. The standard InChI is InChI=1S/C22H20ClFN4S/c1-13-7-4-5-8-16(13)11-17-14(2)25-21-26-22(27-28(21)15(17)3)29-12-18-19(23)9-6-10-20(18)24/h4-10H,11-12H2,1-3H3. The molecule has 0 fully saturated rings. The highest BCUT2D eigenvalue weighted by Crippen LogP contribution is 2.28. The van der Waals surface area contributed by atoms with Crippen molar-refractivity contribution in [1.29, 1.82) is 0 Å². The van der Waals surface area contributed by atoms with Crippen molar-refractivity contribution in [2.75, 3.05) is 0 Å². The van der Waals surface area contributed by atoms with Gasteiger partial charge in [-0.15, -0.1) is 5.10 Å². The van der Waals surface area contributed by atoms with Crippen molar-refractivity contribution in [2.45, 2.75) is 38.1 Å². The smallest absolute Gasteiger partial charge is 0.216 e. The first kappa shape index (κ1) is 19.9. The second-order valence-corrected chi connectivity index (χ2v) is 8.31. The van der Waals surface area contributed by atoms with Crippen LogP contribution in [-0.4, -0.2) is 19.6 Å². The minimum Gasteiger partial charge on any atom is -0.216 e. The predicted octanol–water partition coefficient (Wildman–Crippen LogP) is 5.73. The van der Waals surface area contributed by atoms with Gasteiger partial charge in [-0.2, -0.15) is 4.98 Å². The Hall–Kier alpha value is -2.44. The molecule has 0 spiro atoms. The Kier molecular flexibility index (Phi) is 5.56. The van der Waals surface area contributed by atoms with Crippen molar-refractivity contribution in [2.24, 2.45) is 0 Å². The van der Waals surface area contributed by atoms with Gasteiger partial charge >= 0.3 is 0 Å². The molecule has 0 amide bonds. The Morgan fingerprint density at radius 1 is 1.00 bits per heavy atom. The zero-order valence-corrected chi connectivity index (χ0v) is 18.0. The maximum absolute atomic E-state index is 14.0. The van der Waals surface area contributed by atoms with Crippen molar-refractivity contribution < 1.29 is 4.39 Å². The number of fused-ring (bicyclic) bond motifs is 1. The van der Waals surface area contributed by atoms with Gasteiger partial charge in [0.15, 0.2) is 0 Å². The van der Waals surface area contributed by atoms with Gasteiger partial charge in [0.1, 0.15) is 5.82 Å². The van der Waals surface area contributed by atoms with Crippen LogP contribution in [-0.2, 0) is 12.2 Å². The van der Waals surface area contributed by atoms with Crippen molar-refractivity contribution in [1.82, 2.24) is 19.6 Å². The molecule has 0 unspecified atom stereocenters. The van der Waals surface area contributed by atoms with Crippen LogP contribution in [0.25, 0.3) is 5.78 Å². The normalized spacial score (nSPS) is 11.3. The highest BCUT2D eigenvalue weighted by atomic mass is 35.5. The van der Waals surface area contributed by atoms with E-state index >= 15 is 0 Å². The Labute approximate surface area is 178 Å². The number of aromatic nitrogens is 4. The van der Waals surface area contributed by atoms with Crippen LogP contribution in [0.2, 0.25) is 5.02 Å². The van der Waals surface area contributed by atoms with Crippen molar-refractivity contribution in [3.05, 3.63) is 86.9 Å². The molecule has 148 valence electrons. The third-order valence-corrected chi connectivity index (χ3v) is 6.28. The van der Waals surface area contributed by atoms with Gasteiger partial charge in [-0.3, -0.25) is 0 Å². The Morgan fingerprint density at radius 3 is 2.55 bits per heavy atom. The second kappa shape index (κ2) is 8.13. The molecule has 29 heavy (non-hydrogen) atoms. The first-order valence-corrected chi connectivity index (χ1v) is 10.6. The summed E-state index contributed by atoms with van der Waals surface area (Å²) in [5, 5.41) is 5.55. The van der Waals surface area contributed by atoms with E-state index in [2.05, 4.69) is 40.2 Å². The fourth-order valence-electron chi connectivity index (χ4n) is 3.31. The number of hydrogen-bond acceptors (Lipinski definition) is 4. The molecule has 0 aliphatic rings. The zero-order valence-electron chi connectivity index (χ0n) is 16.4. The van der Waals surface area contributed by atoms with E-state index in [4.69, 9.17) is 11.6 Å². The molecule has 4 nitrogen and oxygen atoms in total. The Balaban J connectivity index is 1.64. The number of hydrogen-bond donors (Lipinski definition) is 0. The molecule has 0 aliphatic heterocycles. The number of aryl methyl sites for hydroxylation is 3. The molecule has 0 saturated heterocycles. The number of benzene rings is 2. The molecule has 0 radical (unpaired) electrons. The van der Waals surface area contributed by atoms with Crippen LogP contribution in [0, 0.1) is 26.6 Å². The predicted molar refractivity (Wildman–Crippen MR) is 115 cm³/mol. The topological polar surface area (TPSA) is 43.1 Å². The van der Waals surface area contributed by atoms with E-state index in [1.165, 1.54) is 29.0 Å². The van der Waals surface area contributed by atoms with Gasteiger partial charge in [0, 0.05) is 34.1 Å². The fourth-order valence-corrected chi connectivity index (χ4v) is 4.47. The summed E-state index contributed by atoms with van der Waals surface area (Å²) in [6, 6.07) is 13.0. The SMILES string of the molecule is Cc1ccccc1Cc1c(C)nc2nc(SCc3c(F)cccc3Cl)nn2c1C. The lowest BCUT2D eigenvalue weighted by Crippen LogP contribution is -2.07. The van der Waals surface area contributed by atoms with Crippen LogP contribution in [0.1, 0.15) is 33.6 Å². The highest BCUT2D eigenvalue weighted by molar-refractivity contribution is 7.98. The van der Waals surface area contributed by atoms with E-state index in [-0.39, 0.29) is 5.82 Å². The van der Waals surface area contributed by atoms with Gasteiger partial charge in [-0.05, 0) is 49.6 Å². The zero-order chi connectivity index (χ0) is 20.5. The number of nitrogens with zero attached hydrogens (tertiary/aromatic N) is 4. The summed E-state index contributed by atoms with van der Waals surface area (Å²) in [4.78, 5) is 9.16. The first-order valence-electron chi connectivity index (χ1n) is 9.27. The van der Waals surface area contributed by atoms with Crippen LogP contribution >= 0.6 is 23.4 Å². The quantitative estimate of drug-likeness (QED) is 0.382. The highest BCUT2D eigenvalue weighted by Gasteiger charge is 2.16. The second-order valence-electron chi connectivity index (χ2n) is 6.96. The van der Waals surface area contributed by atoms with E-state index in [0.29, 0.717) is 27.3 Å². The van der Waals surface area contributed by atoms with Gasteiger partial charge in [-0.25, -0.2) is 13.9 Å². The Morgan fingerprint density at radius 2 is 1.79 bits per heavy atom. The lowest BCUT2D eigenvalue weighted by Gasteiger charge is -2.12. The molecule has 4 aromatic rings. The van der Waals surface area contributed by atoms with Crippen LogP contribution in [0.3, 0.4) is 0 Å². The molecule has 7 heteroatoms. The molecule has 2 heterocycles. The lowest BCUT2D eigenvalue weighted by atomic mass is 9.99. The minimum absolute atomic E-state index is 0.320. The molecule has 4 rings (SSSR count). The van der Waals surface area contributed by atoms with E-state index in [1.807, 2.05) is 19.9 Å². The molecule has 2 aromatic carbocycles. The van der Waals surface area contributed by atoms with Gasteiger partial charge < -0.3 is 0 Å². The number of rotatable bonds is 5. The van der Waals surface area contributed by atoms with E-state index in [1.54, 1.807) is 16.6 Å². The fraction of sp³-hybridized carbons (Fsp3) is 0.227.